The van der Waals surface area contributed by atoms with Gasteiger partial charge < -0.3 is 4.31 Å². The molecule has 0 aliphatic rings. The van der Waals surface area contributed by atoms with Gasteiger partial charge in [-0.2, -0.15) is 0 Å². The standard InChI is InChI=1S/C15H17NS/c1-3-16(14-9-7-8-13(2)12-14)17-15-10-5-4-6-11-15/h4-12H,3H2,1-2H3. The summed E-state index contributed by atoms with van der Waals surface area (Å²) < 4.78 is 2.31. The van der Waals surface area contributed by atoms with Crippen LogP contribution in [0.5, 0.6) is 0 Å². The zero-order valence-electron chi connectivity index (χ0n) is 10.3. The van der Waals surface area contributed by atoms with Crippen LogP contribution in [0, 0.1) is 6.92 Å². The molecule has 0 aliphatic carbocycles. The van der Waals surface area contributed by atoms with Gasteiger partial charge in [-0.05, 0) is 55.6 Å². The van der Waals surface area contributed by atoms with E-state index in [9.17, 15) is 0 Å². The first-order valence-corrected chi connectivity index (χ1v) is 6.64. The molecule has 0 N–H and O–H groups in total. The Labute approximate surface area is 108 Å². The molecule has 0 spiro atoms. The number of benzene rings is 2. The average molecular weight is 243 g/mol. The van der Waals surface area contributed by atoms with E-state index in [0.717, 1.165) is 6.54 Å². The highest BCUT2D eigenvalue weighted by Crippen LogP contribution is 2.28. The Bertz CT molecular complexity index is 467. The van der Waals surface area contributed by atoms with E-state index >= 15 is 0 Å². The molecule has 0 aromatic heterocycles. The SMILES string of the molecule is CCN(Sc1ccccc1)c1cccc(C)c1. The van der Waals surface area contributed by atoms with Gasteiger partial charge in [0.25, 0.3) is 0 Å². The largest absolute Gasteiger partial charge is 0.312 e. The van der Waals surface area contributed by atoms with Crippen LogP contribution < -0.4 is 4.31 Å². The van der Waals surface area contributed by atoms with Crippen LogP contribution >= 0.6 is 11.9 Å². The summed E-state index contributed by atoms with van der Waals surface area (Å²) >= 11 is 1.78. The lowest BCUT2D eigenvalue weighted by molar-refractivity contribution is 1.11. The van der Waals surface area contributed by atoms with Crippen LogP contribution in [0.4, 0.5) is 5.69 Å². The zero-order valence-corrected chi connectivity index (χ0v) is 11.1. The summed E-state index contributed by atoms with van der Waals surface area (Å²) in [6.07, 6.45) is 0. The Morgan fingerprint density at radius 1 is 1.00 bits per heavy atom. The quantitative estimate of drug-likeness (QED) is 0.726. The molecule has 0 fully saturated rings. The van der Waals surface area contributed by atoms with Crippen molar-refractivity contribution in [3.05, 3.63) is 60.2 Å². The molecule has 0 heterocycles. The summed E-state index contributed by atoms with van der Waals surface area (Å²) in [6, 6.07) is 19.1. The van der Waals surface area contributed by atoms with Crippen molar-refractivity contribution >= 4 is 17.6 Å². The van der Waals surface area contributed by atoms with Gasteiger partial charge in [-0.25, -0.2) is 0 Å². The maximum atomic E-state index is 2.31. The molecule has 0 aliphatic heterocycles. The van der Waals surface area contributed by atoms with Crippen molar-refractivity contribution in [2.24, 2.45) is 0 Å². The Morgan fingerprint density at radius 3 is 2.41 bits per heavy atom. The van der Waals surface area contributed by atoms with E-state index in [0.29, 0.717) is 0 Å². The highest BCUT2D eigenvalue weighted by atomic mass is 32.2. The van der Waals surface area contributed by atoms with Crippen LogP contribution in [-0.2, 0) is 0 Å². The van der Waals surface area contributed by atoms with E-state index < -0.39 is 0 Å². The van der Waals surface area contributed by atoms with Crippen molar-refractivity contribution in [1.29, 1.82) is 0 Å². The van der Waals surface area contributed by atoms with Gasteiger partial charge in [-0.3, -0.25) is 0 Å². The summed E-state index contributed by atoms with van der Waals surface area (Å²) in [5, 5.41) is 0. The van der Waals surface area contributed by atoms with Gasteiger partial charge in [0.2, 0.25) is 0 Å². The van der Waals surface area contributed by atoms with Crippen molar-refractivity contribution in [3.63, 3.8) is 0 Å². The van der Waals surface area contributed by atoms with E-state index in [2.05, 4.69) is 66.7 Å². The normalized spacial score (nSPS) is 10.2. The van der Waals surface area contributed by atoms with Crippen molar-refractivity contribution < 1.29 is 0 Å². The number of nitrogens with zero attached hydrogens (tertiary/aromatic N) is 1. The van der Waals surface area contributed by atoms with E-state index in [1.807, 2.05) is 6.07 Å². The minimum atomic E-state index is 0.989. The molecule has 17 heavy (non-hydrogen) atoms. The first-order chi connectivity index (χ1) is 8.29. The third-order valence-corrected chi connectivity index (χ3v) is 3.71. The lowest BCUT2D eigenvalue weighted by Gasteiger charge is -2.21. The van der Waals surface area contributed by atoms with Gasteiger partial charge in [-0.1, -0.05) is 30.3 Å². The maximum Gasteiger partial charge on any atom is 0.0475 e. The third kappa shape index (κ3) is 3.27. The fourth-order valence-corrected chi connectivity index (χ4v) is 2.57. The van der Waals surface area contributed by atoms with E-state index in [1.165, 1.54) is 16.1 Å². The Balaban J connectivity index is 2.17. The molecular formula is C15H17NS. The third-order valence-electron chi connectivity index (χ3n) is 2.54. The van der Waals surface area contributed by atoms with Crippen LogP contribution in [0.1, 0.15) is 12.5 Å². The zero-order chi connectivity index (χ0) is 12.1. The predicted octanol–water partition coefficient (Wildman–Crippen LogP) is 4.53. The molecule has 2 aromatic carbocycles. The number of anilines is 1. The molecule has 0 bridgehead atoms. The monoisotopic (exact) mass is 243 g/mol. The van der Waals surface area contributed by atoms with Crippen molar-refractivity contribution in [1.82, 2.24) is 0 Å². The molecule has 1 nitrogen and oxygen atoms in total. The fourth-order valence-electron chi connectivity index (χ4n) is 1.69. The molecule has 0 saturated heterocycles. The van der Waals surface area contributed by atoms with Crippen LogP contribution in [0.3, 0.4) is 0 Å². The van der Waals surface area contributed by atoms with Crippen molar-refractivity contribution in [3.8, 4) is 0 Å². The Kier molecular flexibility index (Phi) is 4.10. The predicted molar refractivity (Wildman–Crippen MR) is 76.5 cm³/mol. The Morgan fingerprint density at radius 2 is 1.76 bits per heavy atom. The van der Waals surface area contributed by atoms with Gasteiger partial charge in [-0.15, -0.1) is 0 Å². The molecule has 0 amide bonds. The van der Waals surface area contributed by atoms with Crippen molar-refractivity contribution in [2.75, 3.05) is 10.8 Å². The summed E-state index contributed by atoms with van der Waals surface area (Å²) in [6.45, 7) is 5.30. The number of rotatable bonds is 4. The van der Waals surface area contributed by atoms with Gasteiger partial charge in [0.15, 0.2) is 0 Å². The van der Waals surface area contributed by atoms with Gasteiger partial charge in [0, 0.05) is 17.1 Å². The number of hydrogen-bond donors (Lipinski definition) is 0. The van der Waals surface area contributed by atoms with E-state index in [4.69, 9.17) is 0 Å². The average Bonchev–Trinajstić information content (AvgIpc) is 2.37. The Hall–Kier alpha value is -1.41. The molecule has 0 radical (unpaired) electrons. The lowest BCUT2D eigenvalue weighted by Crippen LogP contribution is -2.12. The molecule has 88 valence electrons. The number of aryl methyl sites for hydroxylation is 1. The van der Waals surface area contributed by atoms with E-state index in [-0.39, 0.29) is 0 Å². The van der Waals surface area contributed by atoms with Gasteiger partial charge in [0.05, 0.1) is 0 Å². The van der Waals surface area contributed by atoms with Crippen LogP contribution in [0.25, 0.3) is 0 Å². The minimum Gasteiger partial charge on any atom is -0.312 e. The summed E-state index contributed by atoms with van der Waals surface area (Å²) in [5.41, 5.74) is 2.57. The summed E-state index contributed by atoms with van der Waals surface area (Å²) in [4.78, 5) is 1.27. The topological polar surface area (TPSA) is 3.24 Å². The lowest BCUT2D eigenvalue weighted by atomic mass is 10.2. The van der Waals surface area contributed by atoms with Gasteiger partial charge >= 0.3 is 0 Å². The summed E-state index contributed by atoms with van der Waals surface area (Å²) in [5.74, 6) is 0. The minimum absolute atomic E-state index is 0.989. The highest BCUT2D eigenvalue weighted by Gasteiger charge is 2.05. The molecule has 0 saturated carbocycles. The van der Waals surface area contributed by atoms with Crippen LogP contribution in [0.15, 0.2) is 59.5 Å². The van der Waals surface area contributed by atoms with E-state index in [1.54, 1.807) is 11.9 Å². The van der Waals surface area contributed by atoms with Crippen LogP contribution in [0.2, 0.25) is 0 Å². The second-order valence-corrected chi connectivity index (χ2v) is 5.03. The molecule has 2 aromatic rings. The maximum absolute atomic E-state index is 2.31. The second kappa shape index (κ2) is 5.78. The smallest absolute Gasteiger partial charge is 0.0475 e. The highest BCUT2D eigenvalue weighted by molar-refractivity contribution is 8.00. The number of hydrogen-bond acceptors (Lipinski definition) is 2. The van der Waals surface area contributed by atoms with Gasteiger partial charge in [0.1, 0.15) is 0 Å². The molecular weight excluding hydrogens is 226 g/mol. The molecule has 2 heteroatoms. The molecule has 2 rings (SSSR count). The first kappa shape index (κ1) is 12.1. The molecule has 0 unspecified atom stereocenters. The fraction of sp³-hybridized carbons (Fsp3) is 0.200. The first-order valence-electron chi connectivity index (χ1n) is 5.87. The van der Waals surface area contributed by atoms with Crippen LogP contribution in [-0.4, -0.2) is 6.54 Å². The van der Waals surface area contributed by atoms with Crippen molar-refractivity contribution in [2.45, 2.75) is 18.7 Å². The summed E-state index contributed by atoms with van der Waals surface area (Å²) in [7, 11) is 0. The molecule has 0 atom stereocenters. The second-order valence-electron chi connectivity index (χ2n) is 3.94.